The van der Waals surface area contributed by atoms with Crippen molar-refractivity contribution < 1.29 is 17.9 Å². The first-order chi connectivity index (χ1) is 13.3. The molecule has 8 heteroatoms. The molecule has 146 valence electrons. The van der Waals surface area contributed by atoms with Gasteiger partial charge in [0, 0.05) is 26.5 Å². The Morgan fingerprint density at radius 2 is 1.82 bits per heavy atom. The zero-order valence-electron chi connectivity index (χ0n) is 15.4. The highest BCUT2D eigenvalue weighted by Gasteiger charge is 2.29. The number of nitrogens with zero attached hydrogens (tertiary/aromatic N) is 4. The number of imidazole rings is 1. The fraction of sp³-hybridized carbons (Fsp3) is 0.200. The number of hydrazone groups is 1. The lowest BCUT2D eigenvalue weighted by atomic mass is 10.1. The highest BCUT2D eigenvalue weighted by molar-refractivity contribution is 6.02. The average Bonchev–Trinajstić information content (AvgIpc) is 3.19. The molecule has 0 amide bonds. The molecule has 0 aliphatic rings. The number of alkyl halides is 3. The molecule has 0 saturated carbocycles. The number of hydrogen-bond donors (Lipinski definition) is 0. The lowest BCUT2D eigenvalue weighted by molar-refractivity contribution is -0.137. The van der Waals surface area contributed by atoms with Crippen LogP contribution in [0.3, 0.4) is 0 Å². The first-order valence-electron chi connectivity index (χ1n) is 8.47. The molecule has 0 unspecified atom stereocenters. The maximum Gasteiger partial charge on any atom is 0.416 e. The van der Waals surface area contributed by atoms with Crippen LogP contribution in [0.5, 0.6) is 5.75 Å². The van der Waals surface area contributed by atoms with Crippen molar-refractivity contribution in [2.24, 2.45) is 5.10 Å². The van der Waals surface area contributed by atoms with E-state index < -0.39 is 11.7 Å². The van der Waals surface area contributed by atoms with Gasteiger partial charge < -0.3 is 9.75 Å². The van der Waals surface area contributed by atoms with E-state index in [2.05, 4.69) is 10.1 Å². The summed E-state index contributed by atoms with van der Waals surface area (Å²) >= 11 is 0. The normalized spacial score (nSPS) is 12.1. The number of para-hydroxylation sites is 1. The first-order valence-corrected chi connectivity index (χ1v) is 8.47. The van der Waals surface area contributed by atoms with Gasteiger partial charge in [-0.3, -0.25) is 4.57 Å². The predicted molar refractivity (Wildman–Crippen MR) is 100 cm³/mol. The Morgan fingerprint density at radius 3 is 2.43 bits per heavy atom. The van der Waals surface area contributed by atoms with E-state index >= 15 is 0 Å². The minimum Gasteiger partial charge on any atom is -0.488 e. The van der Waals surface area contributed by atoms with E-state index in [9.17, 15) is 13.2 Å². The molecule has 0 radical (unpaired) electrons. The summed E-state index contributed by atoms with van der Waals surface area (Å²) in [4.78, 5) is 4.06. The SMILES string of the molecule is CN(C)N=C(c1ccccc1OCc1ccc(C(F)(F)F)cc1)n1ccnc1. The monoisotopic (exact) mass is 388 g/mol. The van der Waals surface area contributed by atoms with E-state index in [4.69, 9.17) is 4.74 Å². The predicted octanol–water partition coefficient (Wildman–Crippen LogP) is 4.25. The molecule has 2 aromatic carbocycles. The second-order valence-electron chi connectivity index (χ2n) is 6.22. The minimum absolute atomic E-state index is 0.133. The van der Waals surface area contributed by atoms with E-state index in [1.807, 2.05) is 32.3 Å². The van der Waals surface area contributed by atoms with Gasteiger partial charge in [-0.25, -0.2) is 4.98 Å². The van der Waals surface area contributed by atoms with Gasteiger partial charge in [-0.15, -0.1) is 0 Å². The molecule has 5 nitrogen and oxygen atoms in total. The van der Waals surface area contributed by atoms with Crippen LogP contribution in [0.15, 0.2) is 72.4 Å². The smallest absolute Gasteiger partial charge is 0.416 e. The molecule has 0 saturated heterocycles. The van der Waals surface area contributed by atoms with Crippen molar-refractivity contribution in [3.63, 3.8) is 0 Å². The fourth-order valence-electron chi connectivity index (χ4n) is 2.55. The zero-order chi connectivity index (χ0) is 20.1. The molecule has 1 heterocycles. The molecule has 28 heavy (non-hydrogen) atoms. The summed E-state index contributed by atoms with van der Waals surface area (Å²) < 4.78 is 45.7. The summed E-state index contributed by atoms with van der Waals surface area (Å²) in [5, 5.41) is 6.18. The van der Waals surface area contributed by atoms with Crippen LogP contribution in [0.4, 0.5) is 13.2 Å². The van der Waals surface area contributed by atoms with Crippen LogP contribution in [-0.4, -0.2) is 34.5 Å². The molecule has 0 bridgehead atoms. The van der Waals surface area contributed by atoms with Crippen LogP contribution >= 0.6 is 0 Å². The summed E-state index contributed by atoms with van der Waals surface area (Å²) in [6.45, 7) is 0.133. The third-order valence-corrected chi connectivity index (χ3v) is 3.85. The van der Waals surface area contributed by atoms with E-state index in [0.29, 0.717) is 17.1 Å². The van der Waals surface area contributed by atoms with E-state index in [1.165, 1.54) is 12.1 Å². The lowest BCUT2D eigenvalue weighted by Gasteiger charge is -2.16. The van der Waals surface area contributed by atoms with Crippen LogP contribution in [0.1, 0.15) is 16.7 Å². The number of halogens is 3. The summed E-state index contributed by atoms with van der Waals surface area (Å²) in [5.74, 6) is 1.18. The first kappa shape index (κ1) is 19.5. The molecule has 3 rings (SSSR count). The quantitative estimate of drug-likeness (QED) is 0.373. The van der Waals surface area contributed by atoms with Gasteiger partial charge in [-0.05, 0) is 29.8 Å². The van der Waals surface area contributed by atoms with Crippen molar-refractivity contribution in [1.29, 1.82) is 0 Å². The molecule has 0 aliphatic carbocycles. The van der Waals surface area contributed by atoms with Crippen molar-refractivity contribution in [3.05, 3.63) is 83.9 Å². The van der Waals surface area contributed by atoms with Crippen LogP contribution in [0, 0.1) is 0 Å². The molecule has 3 aromatic rings. The van der Waals surface area contributed by atoms with Gasteiger partial charge in [0.05, 0.1) is 11.1 Å². The lowest BCUT2D eigenvalue weighted by Crippen LogP contribution is -2.18. The van der Waals surface area contributed by atoms with E-state index in [-0.39, 0.29) is 6.61 Å². The third-order valence-electron chi connectivity index (χ3n) is 3.85. The highest BCUT2D eigenvalue weighted by atomic mass is 19.4. The Morgan fingerprint density at radius 1 is 1.11 bits per heavy atom. The molecule has 0 spiro atoms. The standard InChI is InChI=1S/C20H19F3N4O/c1-26(2)25-19(27-12-11-24-14-27)17-5-3-4-6-18(17)28-13-15-7-9-16(10-8-15)20(21,22)23/h3-12,14H,13H2,1-2H3. The average molecular weight is 388 g/mol. The number of ether oxygens (including phenoxy) is 1. The molecule has 0 aliphatic heterocycles. The Kier molecular flexibility index (Phi) is 5.67. The van der Waals surface area contributed by atoms with Gasteiger partial charge >= 0.3 is 6.18 Å². The number of rotatable bonds is 5. The van der Waals surface area contributed by atoms with Crippen molar-refractivity contribution in [3.8, 4) is 5.75 Å². The summed E-state index contributed by atoms with van der Waals surface area (Å²) in [6.07, 6.45) is 0.704. The van der Waals surface area contributed by atoms with Gasteiger partial charge in [-0.2, -0.15) is 18.3 Å². The number of aromatic nitrogens is 2. The van der Waals surface area contributed by atoms with Crippen LogP contribution in [-0.2, 0) is 12.8 Å². The molecule has 0 fully saturated rings. The van der Waals surface area contributed by atoms with Crippen molar-refractivity contribution in [2.75, 3.05) is 14.1 Å². The topological polar surface area (TPSA) is 42.6 Å². The van der Waals surface area contributed by atoms with Crippen LogP contribution in [0.25, 0.3) is 0 Å². The third kappa shape index (κ3) is 4.70. The Balaban J connectivity index is 1.84. The van der Waals surface area contributed by atoms with Crippen molar-refractivity contribution in [1.82, 2.24) is 14.6 Å². The fourth-order valence-corrected chi connectivity index (χ4v) is 2.55. The van der Waals surface area contributed by atoms with Crippen LogP contribution in [0.2, 0.25) is 0 Å². The Labute approximate surface area is 160 Å². The second kappa shape index (κ2) is 8.16. The molecule has 0 atom stereocenters. The van der Waals surface area contributed by atoms with Crippen molar-refractivity contribution in [2.45, 2.75) is 12.8 Å². The highest BCUT2D eigenvalue weighted by Crippen LogP contribution is 2.29. The zero-order valence-corrected chi connectivity index (χ0v) is 15.4. The minimum atomic E-state index is -4.35. The van der Waals surface area contributed by atoms with Crippen molar-refractivity contribution >= 4 is 5.84 Å². The van der Waals surface area contributed by atoms with Gasteiger partial charge in [0.2, 0.25) is 0 Å². The summed E-state index contributed by atoms with van der Waals surface area (Å²) in [7, 11) is 3.62. The molecular formula is C20H19F3N4O. The largest absolute Gasteiger partial charge is 0.488 e. The van der Waals surface area contributed by atoms with Gasteiger partial charge in [0.25, 0.3) is 0 Å². The summed E-state index contributed by atoms with van der Waals surface area (Å²) in [6, 6.07) is 12.3. The second-order valence-corrected chi connectivity index (χ2v) is 6.22. The summed E-state index contributed by atoms with van der Waals surface area (Å²) in [5.41, 5.74) is 0.690. The number of benzene rings is 2. The van der Waals surface area contributed by atoms with Gasteiger partial charge in [0.15, 0.2) is 5.84 Å². The van der Waals surface area contributed by atoms with E-state index in [0.717, 1.165) is 17.7 Å². The maximum absolute atomic E-state index is 12.7. The molecule has 0 N–H and O–H groups in total. The molecule has 1 aromatic heterocycles. The molecular weight excluding hydrogens is 369 g/mol. The Bertz CT molecular complexity index is 933. The van der Waals surface area contributed by atoms with Gasteiger partial charge in [0.1, 0.15) is 18.7 Å². The van der Waals surface area contributed by atoms with E-state index in [1.54, 1.807) is 34.4 Å². The van der Waals surface area contributed by atoms with Gasteiger partial charge in [-0.1, -0.05) is 24.3 Å². The van der Waals surface area contributed by atoms with Crippen LogP contribution < -0.4 is 4.74 Å². The Hall–Kier alpha value is -3.29. The number of hydrogen-bond acceptors (Lipinski definition) is 4. The maximum atomic E-state index is 12.7.